The van der Waals surface area contributed by atoms with Gasteiger partial charge in [-0.25, -0.2) is 4.99 Å². The Labute approximate surface area is 289 Å². The quantitative estimate of drug-likeness (QED) is 0.123. The number of amides is 1. The van der Waals surface area contributed by atoms with Crippen molar-refractivity contribution in [1.29, 1.82) is 0 Å². The highest BCUT2D eigenvalue weighted by Crippen LogP contribution is 2.41. The maximum atomic E-state index is 13.7. The molecule has 0 bridgehead atoms. The van der Waals surface area contributed by atoms with Gasteiger partial charge in [0.05, 0.1) is 35.0 Å². The van der Waals surface area contributed by atoms with Crippen LogP contribution in [0, 0.1) is 0 Å². The lowest BCUT2D eigenvalue weighted by atomic mass is 10.1. The SMILES string of the molecule is CCOc1cc(COc2c(Cl)cc(/C=C3/SC(=Nc4ccccc4)N(c4ccccc4)C3=O)cc2OC)ccc1OCc1ccccc1. The second-order valence-corrected chi connectivity index (χ2v) is 12.0. The molecule has 6 rings (SSSR count). The number of ether oxygens (including phenoxy) is 4. The second kappa shape index (κ2) is 15.6. The number of methoxy groups -OCH3 is 1. The molecule has 1 aliphatic heterocycles. The summed E-state index contributed by atoms with van der Waals surface area (Å²) in [5, 5.41) is 0.909. The first-order valence-electron chi connectivity index (χ1n) is 15.4. The zero-order chi connectivity index (χ0) is 33.3. The number of aliphatic imine (C=N–C) groups is 1. The Morgan fingerprint density at radius 2 is 1.44 bits per heavy atom. The van der Waals surface area contributed by atoms with E-state index in [1.165, 1.54) is 11.8 Å². The van der Waals surface area contributed by atoms with Gasteiger partial charge in [-0.2, -0.15) is 0 Å². The normalized spacial score (nSPS) is 14.4. The summed E-state index contributed by atoms with van der Waals surface area (Å²) in [5.74, 6) is 1.94. The lowest BCUT2D eigenvalue weighted by Gasteiger charge is -2.16. The van der Waals surface area contributed by atoms with Gasteiger partial charge in [-0.1, -0.05) is 84.4 Å². The highest BCUT2D eigenvalue weighted by atomic mass is 35.5. The van der Waals surface area contributed by atoms with E-state index in [1.807, 2.05) is 116 Å². The molecule has 1 aliphatic rings. The maximum Gasteiger partial charge on any atom is 0.271 e. The van der Waals surface area contributed by atoms with Gasteiger partial charge in [-0.15, -0.1) is 0 Å². The van der Waals surface area contributed by atoms with Gasteiger partial charge in [0.1, 0.15) is 13.2 Å². The number of hydrogen-bond donors (Lipinski definition) is 0. The lowest BCUT2D eigenvalue weighted by molar-refractivity contribution is -0.113. The Bertz CT molecular complexity index is 1940. The fourth-order valence-electron chi connectivity index (χ4n) is 5.00. The number of hydrogen-bond acceptors (Lipinski definition) is 7. The second-order valence-electron chi connectivity index (χ2n) is 10.6. The minimum absolute atomic E-state index is 0.183. The van der Waals surface area contributed by atoms with Gasteiger partial charge in [-0.3, -0.25) is 9.69 Å². The van der Waals surface area contributed by atoms with Crippen LogP contribution in [0.4, 0.5) is 11.4 Å². The van der Waals surface area contributed by atoms with E-state index >= 15 is 0 Å². The summed E-state index contributed by atoms with van der Waals surface area (Å²) in [7, 11) is 1.55. The van der Waals surface area contributed by atoms with Crippen molar-refractivity contribution in [2.24, 2.45) is 4.99 Å². The fourth-order valence-corrected chi connectivity index (χ4v) is 6.28. The summed E-state index contributed by atoms with van der Waals surface area (Å²) >= 11 is 8.06. The third-order valence-corrected chi connectivity index (χ3v) is 8.53. The van der Waals surface area contributed by atoms with Crippen LogP contribution >= 0.6 is 23.4 Å². The van der Waals surface area contributed by atoms with E-state index in [2.05, 4.69) is 0 Å². The van der Waals surface area contributed by atoms with E-state index in [0.29, 0.717) is 56.9 Å². The molecule has 0 saturated carbocycles. The monoisotopic (exact) mass is 676 g/mol. The van der Waals surface area contributed by atoms with Crippen molar-refractivity contribution in [3.8, 4) is 23.0 Å². The number of para-hydroxylation sites is 2. The van der Waals surface area contributed by atoms with Crippen molar-refractivity contribution < 1.29 is 23.7 Å². The van der Waals surface area contributed by atoms with Crippen LogP contribution in [0.15, 0.2) is 131 Å². The molecule has 0 atom stereocenters. The molecule has 7 nitrogen and oxygen atoms in total. The number of carbonyl (C=O) groups is 1. The van der Waals surface area contributed by atoms with Crippen LogP contribution in [-0.2, 0) is 18.0 Å². The largest absolute Gasteiger partial charge is 0.493 e. The standard InChI is InChI=1S/C39H33ClN2O5S/c1-3-45-34-22-28(19-20-33(34)46-25-27-13-7-4-8-14-27)26-47-37-32(40)21-29(23-35(37)44-2)24-36-38(43)42(31-17-11-6-12-18-31)39(48-36)41-30-15-9-5-10-16-30/h4-24H,3,25-26H2,1-2H3/b36-24+,41-39?. The molecule has 1 amide bonds. The molecule has 242 valence electrons. The smallest absolute Gasteiger partial charge is 0.271 e. The zero-order valence-corrected chi connectivity index (χ0v) is 28.0. The minimum atomic E-state index is -0.183. The Balaban J connectivity index is 1.21. The number of amidine groups is 1. The Hall–Kier alpha value is -5.18. The molecule has 0 aliphatic carbocycles. The van der Waals surface area contributed by atoms with E-state index in [0.717, 1.165) is 22.5 Å². The van der Waals surface area contributed by atoms with Gasteiger partial charge >= 0.3 is 0 Å². The van der Waals surface area contributed by atoms with Gasteiger partial charge < -0.3 is 18.9 Å². The summed E-state index contributed by atoms with van der Waals surface area (Å²) in [6.07, 6.45) is 1.79. The number of benzene rings is 5. The zero-order valence-electron chi connectivity index (χ0n) is 26.5. The van der Waals surface area contributed by atoms with Gasteiger partial charge in [0.25, 0.3) is 5.91 Å². The average Bonchev–Trinajstić information content (AvgIpc) is 3.41. The summed E-state index contributed by atoms with van der Waals surface area (Å²) in [4.78, 5) is 20.6. The van der Waals surface area contributed by atoms with Gasteiger partial charge in [0.15, 0.2) is 28.2 Å². The molecule has 1 saturated heterocycles. The van der Waals surface area contributed by atoms with Gasteiger partial charge in [0, 0.05) is 0 Å². The summed E-state index contributed by atoms with van der Waals surface area (Å²) < 4.78 is 23.8. The molecule has 0 aromatic heterocycles. The topological polar surface area (TPSA) is 69.6 Å². The fraction of sp³-hybridized carbons (Fsp3) is 0.128. The molecule has 5 aromatic carbocycles. The number of nitrogens with zero attached hydrogens (tertiary/aromatic N) is 2. The number of carbonyl (C=O) groups excluding carboxylic acids is 1. The Kier molecular flexibility index (Phi) is 10.6. The van der Waals surface area contributed by atoms with Crippen LogP contribution < -0.4 is 23.8 Å². The summed E-state index contributed by atoms with van der Waals surface area (Å²) in [5.41, 5.74) is 4.11. The van der Waals surface area contributed by atoms with Crippen molar-refractivity contribution in [3.63, 3.8) is 0 Å². The first kappa shape index (κ1) is 32.7. The molecule has 9 heteroatoms. The minimum Gasteiger partial charge on any atom is -0.493 e. The van der Waals surface area contributed by atoms with Crippen LogP contribution in [-0.4, -0.2) is 24.8 Å². The first-order valence-corrected chi connectivity index (χ1v) is 16.6. The van der Waals surface area contributed by atoms with E-state index in [9.17, 15) is 4.79 Å². The van der Waals surface area contributed by atoms with Gasteiger partial charge in [0.2, 0.25) is 0 Å². The number of thioether (sulfide) groups is 1. The molecule has 1 fully saturated rings. The van der Waals surface area contributed by atoms with Crippen molar-refractivity contribution in [2.75, 3.05) is 18.6 Å². The molecule has 48 heavy (non-hydrogen) atoms. The molecule has 0 radical (unpaired) electrons. The van der Waals surface area contributed by atoms with Crippen molar-refractivity contribution in [1.82, 2.24) is 0 Å². The van der Waals surface area contributed by atoms with Crippen LogP contribution in [0.5, 0.6) is 23.0 Å². The molecule has 5 aromatic rings. The molecule has 0 N–H and O–H groups in total. The highest BCUT2D eigenvalue weighted by molar-refractivity contribution is 8.19. The van der Waals surface area contributed by atoms with Crippen molar-refractivity contribution in [2.45, 2.75) is 20.1 Å². The summed E-state index contributed by atoms with van der Waals surface area (Å²) in [6, 6.07) is 38.3. The maximum absolute atomic E-state index is 13.7. The van der Waals surface area contributed by atoms with E-state index in [4.69, 9.17) is 35.5 Å². The predicted molar refractivity (Wildman–Crippen MR) is 194 cm³/mol. The first-order chi connectivity index (χ1) is 23.5. The van der Waals surface area contributed by atoms with E-state index in [1.54, 1.807) is 30.2 Å². The van der Waals surface area contributed by atoms with Crippen molar-refractivity contribution in [3.05, 3.63) is 148 Å². The van der Waals surface area contributed by atoms with Crippen LogP contribution in [0.2, 0.25) is 5.02 Å². The third-order valence-electron chi connectivity index (χ3n) is 7.28. The van der Waals surface area contributed by atoms with E-state index < -0.39 is 0 Å². The highest BCUT2D eigenvalue weighted by Gasteiger charge is 2.34. The average molecular weight is 677 g/mol. The molecule has 0 spiro atoms. The Morgan fingerprint density at radius 3 is 2.15 bits per heavy atom. The number of anilines is 1. The predicted octanol–water partition coefficient (Wildman–Crippen LogP) is 9.71. The lowest BCUT2D eigenvalue weighted by Crippen LogP contribution is -2.28. The van der Waals surface area contributed by atoms with Crippen LogP contribution in [0.3, 0.4) is 0 Å². The molecular weight excluding hydrogens is 644 g/mol. The molecular formula is C39H33ClN2O5S. The summed E-state index contributed by atoms with van der Waals surface area (Å²) in [6.45, 7) is 3.07. The number of halogens is 1. The van der Waals surface area contributed by atoms with Gasteiger partial charge in [-0.05, 0) is 90.0 Å². The third kappa shape index (κ3) is 7.85. The molecule has 0 unspecified atom stereocenters. The van der Waals surface area contributed by atoms with E-state index in [-0.39, 0.29) is 12.5 Å². The number of rotatable bonds is 12. The molecule has 1 heterocycles. The van der Waals surface area contributed by atoms with Crippen LogP contribution in [0.25, 0.3) is 6.08 Å². The van der Waals surface area contributed by atoms with Crippen LogP contribution in [0.1, 0.15) is 23.6 Å². The van der Waals surface area contributed by atoms with Crippen molar-refractivity contribution >= 4 is 51.9 Å². The Morgan fingerprint density at radius 1 is 0.750 bits per heavy atom.